The van der Waals surface area contributed by atoms with E-state index in [2.05, 4.69) is 10.3 Å². The Labute approximate surface area is 177 Å². The molecule has 2 fully saturated rings. The number of anilines is 1. The third-order valence-corrected chi connectivity index (χ3v) is 5.97. The highest BCUT2D eigenvalue weighted by atomic mass is 19.4. The second kappa shape index (κ2) is 8.58. The smallest absolute Gasteiger partial charge is 0.382 e. The van der Waals surface area contributed by atoms with Crippen LogP contribution in [0.25, 0.3) is 10.9 Å². The molecule has 6 nitrogen and oxygen atoms in total. The molecule has 1 amide bonds. The van der Waals surface area contributed by atoms with Crippen molar-refractivity contribution >= 4 is 22.5 Å². The van der Waals surface area contributed by atoms with Crippen molar-refractivity contribution in [3.8, 4) is 0 Å². The van der Waals surface area contributed by atoms with Gasteiger partial charge in [-0.15, -0.1) is 0 Å². The van der Waals surface area contributed by atoms with Crippen molar-refractivity contribution < 1.29 is 22.4 Å². The number of likely N-dealkylation sites (tertiary alicyclic amines) is 2. The van der Waals surface area contributed by atoms with Gasteiger partial charge in [-0.05, 0) is 31.0 Å². The molecule has 2 atom stereocenters. The van der Waals surface area contributed by atoms with Gasteiger partial charge in [-0.25, -0.2) is 4.39 Å². The van der Waals surface area contributed by atoms with Gasteiger partial charge in [0.25, 0.3) is 0 Å². The summed E-state index contributed by atoms with van der Waals surface area (Å²) in [6, 6.07) is 6.38. The molecular formula is C21H25F4N5O. The molecule has 0 spiro atoms. The normalized spacial score (nSPS) is 23.5. The van der Waals surface area contributed by atoms with Gasteiger partial charge in [-0.1, -0.05) is 6.07 Å². The van der Waals surface area contributed by atoms with Crippen molar-refractivity contribution in [2.24, 2.45) is 5.73 Å². The predicted octanol–water partition coefficient (Wildman–Crippen LogP) is 2.99. The van der Waals surface area contributed by atoms with Crippen molar-refractivity contribution in [3.05, 3.63) is 36.0 Å². The number of halogens is 4. The first-order chi connectivity index (χ1) is 14.7. The number of nitrogens with one attached hydrogen (secondary N) is 1. The van der Waals surface area contributed by atoms with Crippen LogP contribution in [0.1, 0.15) is 24.8 Å². The number of fused-ring (bicyclic) bond motifs is 1. The topological polar surface area (TPSA) is 74.5 Å². The lowest BCUT2D eigenvalue weighted by Crippen LogP contribution is -2.48. The van der Waals surface area contributed by atoms with E-state index in [1.165, 1.54) is 4.90 Å². The van der Waals surface area contributed by atoms with Crippen LogP contribution in [0.5, 0.6) is 0 Å². The molecule has 10 heteroatoms. The number of alkyl halides is 4. The van der Waals surface area contributed by atoms with Gasteiger partial charge >= 0.3 is 6.18 Å². The van der Waals surface area contributed by atoms with Gasteiger partial charge in [0.05, 0.1) is 30.3 Å². The lowest BCUT2D eigenvalue weighted by atomic mass is 10.0. The first kappa shape index (κ1) is 21.8. The average Bonchev–Trinajstić information content (AvgIpc) is 3.07. The number of pyridine rings is 1. The molecule has 1 aromatic carbocycles. The molecule has 31 heavy (non-hydrogen) atoms. The minimum absolute atomic E-state index is 0.0487. The van der Waals surface area contributed by atoms with Gasteiger partial charge in [0.15, 0.2) is 0 Å². The Balaban J connectivity index is 1.37. The fraction of sp³-hybridized carbons (Fsp3) is 0.524. The number of nitrogens with two attached hydrogens (primary N) is 1. The van der Waals surface area contributed by atoms with Crippen LogP contribution >= 0.6 is 0 Å². The molecule has 0 radical (unpaired) electrons. The minimum Gasteiger partial charge on any atom is -0.382 e. The summed E-state index contributed by atoms with van der Waals surface area (Å²) in [5.41, 5.74) is 6.16. The Kier molecular flexibility index (Phi) is 6.02. The molecule has 1 aromatic heterocycles. The summed E-state index contributed by atoms with van der Waals surface area (Å²) in [6.07, 6.45) is -3.61. The summed E-state index contributed by atoms with van der Waals surface area (Å²) >= 11 is 0. The first-order valence-electron chi connectivity index (χ1n) is 10.3. The Bertz CT molecular complexity index is 945. The Morgan fingerprint density at radius 2 is 2.00 bits per heavy atom. The van der Waals surface area contributed by atoms with E-state index in [1.807, 2.05) is 4.90 Å². The van der Waals surface area contributed by atoms with Crippen LogP contribution in [0.4, 0.5) is 23.2 Å². The molecule has 2 saturated heterocycles. The lowest BCUT2D eigenvalue weighted by Gasteiger charge is -2.34. The molecule has 3 heterocycles. The summed E-state index contributed by atoms with van der Waals surface area (Å²) in [6.45, 7) is 1.55. The number of aromatic nitrogens is 1. The highest BCUT2D eigenvalue weighted by Gasteiger charge is 2.34. The van der Waals surface area contributed by atoms with Crippen LogP contribution in [-0.2, 0) is 11.0 Å². The second-order valence-electron chi connectivity index (χ2n) is 8.24. The van der Waals surface area contributed by atoms with Crippen molar-refractivity contribution in [1.82, 2.24) is 14.8 Å². The van der Waals surface area contributed by atoms with Crippen LogP contribution in [0.15, 0.2) is 30.5 Å². The Morgan fingerprint density at radius 3 is 2.65 bits per heavy atom. The molecule has 2 aliphatic rings. The zero-order valence-corrected chi connectivity index (χ0v) is 16.9. The number of hydrogen-bond acceptors (Lipinski definition) is 5. The number of hydrogen-bond donors (Lipinski definition) is 2. The Morgan fingerprint density at radius 1 is 1.26 bits per heavy atom. The maximum Gasteiger partial charge on any atom is 0.417 e. The monoisotopic (exact) mass is 439 g/mol. The highest BCUT2D eigenvalue weighted by molar-refractivity contribution is 5.91. The summed E-state index contributed by atoms with van der Waals surface area (Å²) in [4.78, 5) is 19.8. The molecule has 168 valence electrons. The molecule has 2 aliphatic heterocycles. The zero-order valence-electron chi connectivity index (χ0n) is 16.9. The first-order valence-corrected chi connectivity index (χ1v) is 10.3. The number of benzene rings is 1. The van der Waals surface area contributed by atoms with E-state index in [-0.39, 0.29) is 31.5 Å². The molecular weight excluding hydrogens is 414 g/mol. The second-order valence-corrected chi connectivity index (χ2v) is 8.24. The predicted molar refractivity (Wildman–Crippen MR) is 109 cm³/mol. The molecule has 0 bridgehead atoms. The summed E-state index contributed by atoms with van der Waals surface area (Å²) in [7, 11) is 0. The number of carbonyl (C=O) groups is 1. The van der Waals surface area contributed by atoms with Gasteiger partial charge in [-0.3, -0.25) is 14.7 Å². The van der Waals surface area contributed by atoms with Gasteiger partial charge in [0.2, 0.25) is 5.91 Å². The zero-order chi connectivity index (χ0) is 22.2. The van der Waals surface area contributed by atoms with E-state index in [0.29, 0.717) is 29.7 Å². The largest absolute Gasteiger partial charge is 0.417 e. The maximum absolute atomic E-state index is 13.5. The van der Waals surface area contributed by atoms with Crippen molar-refractivity contribution in [2.45, 2.75) is 43.8 Å². The fourth-order valence-corrected chi connectivity index (χ4v) is 4.27. The molecule has 0 aliphatic carbocycles. The van der Waals surface area contributed by atoms with E-state index >= 15 is 0 Å². The van der Waals surface area contributed by atoms with E-state index < -0.39 is 24.1 Å². The summed E-state index contributed by atoms with van der Waals surface area (Å²) in [5, 5.41) is 3.77. The van der Waals surface area contributed by atoms with Crippen LogP contribution in [-0.4, -0.2) is 65.2 Å². The van der Waals surface area contributed by atoms with E-state index in [9.17, 15) is 22.4 Å². The third-order valence-electron chi connectivity index (χ3n) is 5.97. The molecule has 0 saturated carbocycles. The van der Waals surface area contributed by atoms with Gasteiger partial charge in [-0.2, -0.15) is 13.2 Å². The maximum atomic E-state index is 13.5. The fourth-order valence-electron chi connectivity index (χ4n) is 4.27. The molecule has 2 aromatic rings. The van der Waals surface area contributed by atoms with Gasteiger partial charge < -0.3 is 16.0 Å². The van der Waals surface area contributed by atoms with Gasteiger partial charge in [0.1, 0.15) is 6.17 Å². The van der Waals surface area contributed by atoms with Crippen LogP contribution < -0.4 is 11.1 Å². The minimum atomic E-state index is -4.45. The third kappa shape index (κ3) is 4.90. The summed E-state index contributed by atoms with van der Waals surface area (Å²) < 4.78 is 52.7. The molecule has 0 unspecified atom stereocenters. The van der Waals surface area contributed by atoms with Crippen molar-refractivity contribution in [2.75, 3.05) is 31.5 Å². The quantitative estimate of drug-likeness (QED) is 0.717. The average molecular weight is 439 g/mol. The van der Waals surface area contributed by atoms with E-state index in [0.717, 1.165) is 25.1 Å². The van der Waals surface area contributed by atoms with Crippen molar-refractivity contribution in [3.63, 3.8) is 0 Å². The van der Waals surface area contributed by atoms with Crippen LogP contribution in [0.3, 0.4) is 0 Å². The van der Waals surface area contributed by atoms with E-state index in [4.69, 9.17) is 5.73 Å². The Hall–Kier alpha value is -2.46. The van der Waals surface area contributed by atoms with Gasteiger partial charge in [0, 0.05) is 42.8 Å². The lowest BCUT2D eigenvalue weighted by molar-refractivity contribution is -0.137. The van der Waals surface area contributed by atoms with Crippen LogP contribution in [0, 0.1) is 0 Å². The van der Waals surface area contributed by atoms with E-state index in [1.54, 1.807) is 18.2 Å². The molecule has 4 rings (SSSR count). The number of carbonyl (C=O) groups excluding carboxylic acids is 1. The number of rotatable bonds is 4. The van der Waals surface area contributed by atoms with Crippen LogP contribution in [0.2, 0.25) is 0 Å². The number of nitrogens with zero attached hydrogens (tertiary/aromatic N) is 3. The van der Waals surface area contributed by atoms with Crippen molar-refractivity contribution in [1.29, 1.82) is 0 Å². The SMILES string of the molecule is N[C@@H]1C[C@H](F)CN1C(=O)CN1CCC(Nc2cccc3ncc(C(F)(F)F)cc23)CC1. The molecule has 3 N–H and O–H groups in total. The standard InChI is InChI=1S/C21H25F4N5O/c22-14-9-19(26)30(11-14)20(31)12-29-6-4-15(5-7-29)28-18-3-1-2-17-16(18)8-13(10-27-17)21(23,24)25/h1-3,8,10,14-15,19,28H,4-7,9,11-12,26H2/t14-,19-/m0/s1. The summed E-state index contributed by atoms with van der Waals surface area (Å²) in [5.74, 6) is -0.168. The number of piperidine rings is 1. The number of amides is 1. The highest BCUT2D eigenvalue weighted by Crippen LogP contribution is 2.33.